The molecule has 5 heavy (non-hydrogen) atoms. The first-order valence-electron chi connectivity index (χ1n) is 0. The molecule has 0 fully saturated rings. The van der Waals surface area contributed by atoms with E-state index in [1.165, 1.54) is 0 Å². The van der Waals surface area contributed by atoms with Gasteiger partial charge in [0.25, 0.3) is 0 Å². The zero-order chi connectivity index (χ0) is 0. The zero-order valence-electron chi connectivity index (χ0n) is 3.54. The van der Waals surface area contributed by atoms with Gasteiger partial charge in [0.2, 0.25) is 0 Å². The van der Waals surface area contributed by atoms with E-state index in [0.717, 1.165) is 0 Å². The van der Waals surface area contributed by atoms with Gasteiger partial charge < -0.3 is 24.6 Å². The van der Waals surface area contributed by atoms with E-state index in [4.69, 9.17) is 0 Å². The van der Waals surface area contributed by atoms with E-state index in [0.29, 0.717) is 0 Å². The normalized spacial score (nSPS) is 0. The van der Waals surface area contributed by atoms with Crippen LogP contribution in [0.3, 0.4) is 0 Å². The van der Waals surface area contributed by atoms with E-state index in [9.17, 15) is 0 Å². The first-order valence-corrected chi connectivity index (χ1v) is 0. The van der Waals surface area contributed by atoms with Crippen molar-refractivity contribution in [2.75, 3.05) is 0 Å². The van der Waals surface area contributed by atoms with Crippen molar-refractivity contribution in [1.29, 1.82) is 0 Å². The number of rotatable bonds is 0. The minimum atomic E-state index is 0. The van der Waals surface area contributed by atoms with Crippen molar-refractivity contribution in [1.82, 2.24) is 24.6 Å². The Hall–Kier alpha value is 0.463. The van der Waals surface area contributed by atoms with E-state index in [2.05, 4.69) is 0 Å². The minimum absolute atomic E-state index is 0. The van der Waals surface area contributed by atoms with Gasteiger partial charge in [0.15, 0.2) is 0 Å². The van der Waals surface area contributed by atoms with Crippen molar-refractivity contribution in [3.05, 3.63) is 0 Å². The first-order chi connectivity index (χ1) is 0. The Balaban J connectivity index is 0. The van der Waals surface area contributed by atoms with Gasteiger partial charge in [-0.3, -0.25) is 0 Å². The van der Waals surface area contributed by atoms with Gasteiger partial charge in [0, 0.05) is 19.5 Å². The zero-order valence-corrected chi connectivity index (χ0v) is 6.50. The summed E-state index contributed by atoms with van der Waals surface area (Å²) < 4.78 is 0. The third-order valence-electron chi connectivity index (χ3n) is 0. The molecule has 0 unspecified atom stereocenters. The summed E-state index contributed by atoms with van der Waals surface area (Å²) in [5, 5.41) is 0. The molecule has 0 aromatic carbocycles. The topological polar surface area (TPSA) is 140 Å². The summed E-state index contributed by atoms with van der Waals surface area (Å²) in [5.74, 6) is 0. The van der Waals surface area contributed by atoms with Crippen molar-refractivity contribution in [3.63, 3.8) is 0 Å². The molecule has 12 N–H and O–H groups in total. The largest absolute Gasteiger partial charge is 0.344 e. The molecular weight excluding hydrogens is 121 g/mol. The maximum absolute atomic E-state index is 0. The maximum atomic E-state index is 0. The van der Waals surface area contributed by atoms with Crippen LogP contribution in [0.25, 0.3) is 0 Å². The number of hydrogen-bond donors (Lipinski definition) is 4. The molecule has 0 heterocycles. The van der Waals surface area contributed by atoms with Gasteiger partial charge in [-0.05, 0) is 0 Å². The molecule has 5 heteroatoms. The first kappa shape index (κ1) is 507. The Bertz CT molecular complexity index is 3.61. The SMILES string of the molecule is N.N.N.N.[Zn]. The van der Waals surface area contributed by atoms with Gasteiger partial charge in [-0.25, -0.2) is 0 Å². The summed E-state index contributed by atoms with van der Waals surface area (Å²) in [4.78, 5) is 0. The van der Waals surface area contributed by atoms with Gasteiger partial charge in [0.1, 0.15) is 0 Å². The molecule has 0 saturated carbocycles. The molecule has 0 radical (unpaired) electrons. The Labute approximate surface area is 44.8 Å². The van der Waals surface area contributed by atoms with Crippen molar-refractivity contribution in [2.45, 2.75) is 0 Å². The molecule has 0 atom stereocenters. The third-order valence-corrected chi connectivity index (χ3v) is 0. The van der Waals surface area contributed by atoms with Crippen molar-refractivity contribution in [2.24, 2.45) is 0 Å². The van der Waals surface area contributed by atoms with Crippen molar-refractivity contribution >= 4 is 0 Å². The summed E-state index contributed by atoms with van der Waals surface area (Å²) >= 11 is 0. The van der Waals surface area contributed by atoms with Gasteiger partial charge in [-0.1, -0.05) is 0 Å². The van der Waals surface area contributed by atoms with E-state index in [1.54, 1.807) is 0 Å². The second-order valence-corrected chi connectivity index (χ2v) is 0. The molecular formula is H12N4Zn. The molecule has 4 nitrogen and oxygen atoms in total. The van der Waals surface area contributed by atoms with E-state index in [-0.39, 0.29) is 44.1 Å². The molecule has 0 spiro atoms. The van der Waals surface area contributed by atoms with Gasteiger partial charge in [0.05, 0.1) is 0 Å². The molecule has 0 aliphatic heterocycles. The fraction of sp³-hybridized carbons (Fsp3) is 0. The standard InChI is InChI=1S/4H3N.Zn/h4*1H3;. The minimum Gasteiger partial charge on any atom is -0.344 e. The van der Waals surface area contributed by atoms with Crippen LogP contribution >= 0.6 is 0 Å². The van der Waals surface area contributed by atoms with E-state index < -0.39 is 0 Å². The van der Waals surface area contributed by atoms with E-state index in [1.807, 2.05) is 0 Å². The predicted molar refractivity (Wildman–Crippen MR) is 20.1 cm³/mol. The average molecular weight is 134 g/mol. The van der Waals surface area contributed by atoms with Crippen molar-refractivity contribution < 1.29 is 19.5 Å². The Morgan fingerprint density at radius 2 is 0.400 bits per heavy atom. The molecule has 0 aliphatic rings. The molecule has 34 valence electrons. The van der Waals surface area contributed by atoms with Crippen LogP contribution in [0.4, 0.5) is 0 Å². The van der Waals surface area contributed by atoms with Crippen LogP contribution in [0, 0.1) is 0 Å². The van der Waals surface area contributed by atoms with Gasteiger partial charge >= 0.3 is 0 Å². The molecule has 0 aromatic heterocycles. The predicted octanol–water partition coefficient (Wildman–Crippen LogP) is 0.645. The van der Waals surface area contributed by atoms with Crippen LogP contribution in [0.2, 0.25) is 0 Å². The second kappa shape index (κ2) is 249. The summed E-state index contributed by atoms with van der Waals surface area (Å²) in [6.07, 6.45) is 0. The van der Waals surface area contributed by atoms with Crippen LogP contribution in [0.15, 0.2) is 0 Å². The molecule has 0 rings (SSSR count). The fourth-order valence-electron chi connectivity index (χ4n) is 0. The van der Waals surface area contributed by atoms with Gasteiger partial charge in [-0.15, -0.1) is 0 Å². The smallest absolute Gasteiger partial charge is 0 e. The monoisotopic (exact) mass is 132 g/mol. The van der Waals surface area contributed by atoms with Gasteiger partial charge in [-0.2, -0.15) is 0 Å². The molecule has 0 aromatic rings. The summed E-state index contributed by atoms with van der Waals surface area (Å²) in [7, 11) is 0. The summed E-state index contributed by atoms with van der Waals surface area (Å²) in [6, 6.07) is 0. The van der Waals surface area contributed by atoms with Crippen LogP contribution < -0.4 is 24.6 Å². The molecule has 0 saturated heterocycles. The second-order valence-electron chi connectivity index (χ2n) is 0. The quantitative estimate of drug-likeness (QED) is 0.360. The van der Waals surface area contributed by atoms with Crippen LogP contribution in [0.5, 0.6) is 0 Å². The fourth-order valence-corrected chi connectivity index (χ4v) is 0. The van der Waals surface area contributed by atoms with Crippen LogP contribution in [0.1, 0.15) is 0 Å². The van der Waals surface area contributed by atoms with Crippen molar-refractivity contribution in [3.8, 4) is 0 Å². The van der Waals surface area contributed by atoms with Crippen LogP contribution in [-0.4, -0.2) is 0 Å². The molecule has 0 amide bonds. The third kappa shape index (κ3) is 126. The van der Waals surface area contributed by atoms with E-state index >= 15 is 0 Å². The Morgan fingerprint density at radius 1 is 0.400 bits per heavy atom. The Morgan fingerprint density at radius 3 is 0.400 bits per heavy atom. The Kier molecular flexibility index (Phi) is 25300. The maximum Gasteiger partial charge on any atom is 0 e. The molecule has 0 bridgehead atoms. The summed E-state index contributed by atoms with van der Waals surface area (Å²) in [5.41, 5.74) is 0. The summed E-state index contributed by atoms with van der Waals surface area (Å²) in [6.45, 7) is 0. The molecule has 0 aliphatic carbocycles. The average Bonchev–Trinajstić information content (AvgIpc) is 0. The van der Waals surface area contributed by atoms with Crippen LogP contribution in [-0.2, 0) is 19.5 Å². The number of hydrogen-bond acceptors (Lipinski definition) is 4.